The molecule has 0 aromatic heterocycles. The number of hydrogen-bond acceptors (Lipinski definition) is 3. The molecule has 114 valence electrons. The minimum atomic E-state index is -0.406. The number of aliphatic hydroxyl groups excluding tert-OH is 1. The van der Waals surface area contributed by atoms with E-state index in [0.717, 1.165) is 38.5 Å². The number of carbonyl (C=O) groups is 2. The van der Waals surface area contributed by atoms with Gasteiger partial charge in [0.2, 0.25) is 11.8 Å². The fraction of sp³-hybridized carbons (Fsp3) is 0.867. The summed E-state index contributed by atoms with van der Waals surface area (Å²) in [6.45, 7) is 3.82. The van der Waals surface area contributed by atoms with E-state index >= 15 is 0 Å². The van der Waals surface area contributed by atoms with Crippen molar-refractivity contribution in [2.45, 2.75) is 64.0 Å². The highest BCUT2D eigenvalue weighted by atomic mass is 16.3. The lowest BCUT2D eigenvalue weighted by atomic mass is 9.98. The number of carbonyl (C=O) groups excluding carboxylic acids is 2. The first-order chi connectivity index (χ1) is 9.63. The van der Waals surface area contributed by atoms with Crippen LogP contribution >= 0.6 is 0 Å². The van der Waals surface area contributed by atoms with Crippen LogP contribution in [0.5, 0.6) is 0 Å². The van der Waals surface area contributed by atoms with E-state index in [0.29, 0.717) is 26.1 Å². The van der Waals surface area contributed by atoms with Gasteiger partial charge in [0.05, 0.1) is 6.10 Å². The number of aliphatic hydroxyl groups is 1. The van der Waals surface area contributed by atoms with Gasteiger partial charge >= 0.3 is 0 Å². The van der Waals surface area contributed by atoms with Gasteiger partial charge in [-0.25, -0.2) is 0 Å². The molecule has 20 heavy (non-hydrogen) atoms. The standard InChI is InChI=1S/C15H26N2O3/c1-2-6-14(19)17-10-4-3-8-13(17)15(20)16-9-5-7-12(18)11-16/h12-13,18H,2-11H2,1H3. The summed E-state index contributed by atoms with van der Waals surface area (Å²) in [5.41, 5.74) is 0. The van der Waals surface area contributed by atoms with Crippen molar-refractivity contribution in [1.29, 1.82) is 0 Å². The maximum absolute atomic E-state index is 12.6. The van der Waals surface area contributed by atoms with E-state index in [1.807, 2.05) is 6.92 Å². The summed E-state index contributed by atoms with van der Waals surface area (Å²) in [4.78, 5) is 28.3. The molecule has 0 aliphatic carbocycles. The zero-order valence-corrected chi connectivity index (χ0v) is 12.4. The zero-order chi connectivity index (χ0) is 14.5. The van der Waals surface area contributed by atoms with E-state index in [-0.39, 0.29) is 17.9 Å². The monoisotopic (exact) mass is 282 g/mol. The fourth-order valence-corrected chi connectivity index (χ4v) is 3.21. The Morgan fingerprint density at radius 3 is 2.65 bits per heavy atom. The van der Waals surface area contributed by atoms with Gasteiger partial charge in [-0.15, -0.1) is 0 Å². The van der Waals surface area contributed by atoms with Crippen molar-refractivity contribution in [2.75, 3.05) is 19.6 Å². The third-order valence-electron chi connectivity index (χ3n) is 4.28. The Hall–Kier alpha value is -1.10. The van der Waals surface area contributed by atoms with Gasteiger partial charge in [0.15, 0.2) is 0 Å². The van der Waals surface area contributed by atoms with Crippen LogP contribution in [0.3, 0.4) is 0 Å². The first kappa shape index (κ1) is 15.3. The molecule has 0 aromatic carbocycles. The Morgan fingerprint density at radius 2 is 1.95 bits per heavy atom. The van der Waals surface area contributed by atoms with Crippen LogP contribution in [0.25, 0.3) is 0 Å². The molecule has 5 nitrogen and oxygen atoms in total. The highest BCUT2D eigenvalue weighted by Gasteiger charge is 2.35. The SMILES string of the molecule is CCCC(=O)N1CCCCC1C(=O)N1CCCC(O)C1. The van der Waals surface area contributed by atoms with Gasteiger partial charge in [-0.2, -0.15) is 0 Å². The molecule has 0 aromatic rings. The summed E-state index contributed by atoms with van der Waals surface area (Å²) >= 11 is 0. The predicted molar refractivity (Wildman–Crippen MR) is 76.1 cm³/mol. The third kappa shape index (κ3) is 3.51. The number of nitrogens with zero attached hydrogens (tertiary/aromatic N) is 2. The second-order valence-electron chi connectivity index (χ2n) is 5.93. The second kappa shape index (κ2) is 7.07. The van der Waals surface area contributed by atoms with Crippen molar-refractivity contribution in [3.63, 3.8) is 0 Å². The fourth-order valence-electron chi connectivity index (χ4n) is 3.21. The molecule has 5 heteroatoms. The molecular weight excluding hydrogens is 256 g/mol. The molecule has 2 unspecified atom stereocenters. The molecule has 2 amide bonds. The molecule has 1 N–H and O–H groups in total. The van der Waals surface area contributed by atoms with Crippen LogP contribution in [0.4, 0.5) is 0 Å². The number of β-amino-alcohol motifs (C(OH)–C–C–N with tert-alkyl or cyclic N) is 1. The molecule has 0 saturated carbocycles. The maximum Gasteiger partial charge on any atom is 0.245 e. The second-order valence-corrected chi connectivity index (χ2v) is 5.93. The van der Waals surface area contributed by atoms with E-state index < -0.39 is 6.10 Å². The summed E-state index contributed by atoms with van der Waals surface area (Å²) in [6, 6.07) is -0.298. The Morgan fingerprint density at radius 1 is 1.15 bits per heavy atom. The number of rotatable bonds is 3. The summed E-state index contributed by atoms with van der Waals surface area (Å²) in [5.74, 6) is 0.135. The van der Waals surface area contributed by atoms with Crippen molar-refractivity contribution in [1.82, 2.24) is 9.80 Å². The number of piperidine rings is 2. The average molecular weight is 282 g/mol. The first-order valence-electron chi connectivity index (χ1n) is 7.89. The Bertz CT molecular complexity index is 359. The van der Waals surface area contributed by atoms with Crippen LogP contribution in [0, 0.1) is 0 Å². The Labute approximate surface area is 120 Å². The van der Waals surface area contributed by atoms with E-state index in [4.69, 9.17) is 0 Å². The third-order valence-corrected chi connectivity index (χ3v) is 4.28. The number of hydrogen-bond donors (Lipinski definition) is 1. The van der Waals surface area contributed by atoms with Crippen molar-refractivity contribution >= 4 is 11.8 Å². The molecule has 2 rings (SSSR count). The Balaban J connectivity index is 2.03. The highest BCUT2D eigenvalue weighted by molar-refractivity contribution is 5.88. The average Bonchev–Trinajstić information content (AvgIpc) is 2.47. The number of likely N-dealkylation sites (tertiary alicyclic amines) is 2. The van der Waals surface area contributed by atoms with Crippen LogP contribution in [0.2, 0.25) is 0 Å². The minimum Gasteiger partial charge on any atom is -0.391 e. The molecule has 0 radical (unpaired) electrons. The van der Waals surface area contributed by atoms with Crippen LogP contribution < -0.4 is 0 Å². The molecular formula is C15H26N2O3. The summed E-state index contributed by atoms with van der Waals surface area (Å²) in [7, 11) is 0. The van der Waals surface area contributed by atoms with Crippen molar-refractivity contribution in [2.24, 2.45) is 0 Å². The van der Waals surface area contributed by atoms with E-state index in [2.05, 4.69) is 0 Å². The van der Waals surface area contributed by atoms with E-state index in [1.165, 1.54) is 0 Å². The predicted octanol–water partition coefficient (Wildman–Crippen LogP) is 1.15. The molecule has 2 heterocycles. The van der Waals surface area contributed by atoms with Gasteiger partial charge in [-0.1, -0.05) is 6.92 Å². The van der Waals surface area contributed by atoms with Crippen molar-refractivity contribution in [3.05, 3.63) is 0 Å². The van der Waals surface area contributed by atoms with Crippen molar-refractivity contribution < 1.29 is 14.7 Å². The Kier molecular flexibility index (Phi) is 5.40. The lowest BCUT2D eigenvalue weighted by Gasteiger charge is -2.39. The maximum atomic E-state index is 12.6. The lowest BCUT2D eigenvalue weighted by Crippen LogP contribution is -2.55. The van der Waals surface area contributed by atoms with Gasteiger partial charge in [0.25, 0.3) is 0 Å². The smallest absolute Gasteiger partial charge is 0.245 e. The molecule has 0 bridgehead atoms. The highest BCUT2D eigenvalue weighted by Crippen LogP contribution is 2.22. The molecule has 2 aliphatic heterocycles. The van der Waals surface area contributed by atoms with Gasteiger partial charge in [0.1, 0.15) is 6.04 Å². The molecule has 2 fully saturated rings. The number of amides is 2. The molecule has 2 atom stereocenters. The molecule has 2 aliphatic rings. The summed E-state index contributed by atoms with van der Waals surface area (Å²) in [6.07, 6.45) is 5.31. The molecule has 0 spiro atoms. The molecule has 2 saturated heterocycles. The quantitative estimate of drug-likeness (QED) is 0.844. The van der Waals surface area contributed by atoms with E-state index in [9.17, 15) is 14.7 Å². The van der Waals surface area contributed by atoms with Crippen LogP contribution in [0.15, 0.2) is 0 Å². The van der Waals surface area contributed by atoms with Gasteiger partial charge in [-0.05, 0) is 38.5 Å². The van der Waals surface area contributed by atoms with Gasteiger partial charge in [-0.3, -0.25) is 9.59 Å². The van der Waals surface area contributed by atoms with Gasteiger partial charge < -0.3 is 14.9 Å². The van der Waals surface area contributed by atoms with E-state index in [1.54, 1.807) is 9.80 Å². The summed E-state index contributed by atoms with van der Waals surface area (Å²) < 4.78 is 0. The van der Waals surface area contributed by atoms with Gasteiger partial charge in [0, 0.05) is 26.1 Å². The lowest BCUT2D eigenvalue weighted by molar-refractivity contribution is -0.149. The largest absolute Gasteiger partial charge is 0.391 e. The normalized spacial score (nSPS) is 27.5. The summed E-state index contributed by atoms with van der Waals surface area (Å²) in [5, 5.41) is 9.71. The zero-order valence-electron chi connectivity index (χ0n) is 12.4. The topological polar surface area (TPSA) is 60.9 Å². The van der Waals surface area contributed by atoms with Crippen molar-refractivity contribution in [3.8, 4) is 0 Å². The van der Waals surface area contributed by atoms with Crippen LogP contribution in [-0.4, -0.2) is 58.5 Å². The van der Waals surface area contributed by atoms with Crippen LogP contribution in [0.1, 0.15) is 51.9 Å². The first-order valence-corrected chi connectivity index (χ1v) is 7.89. The minimum absolute atomic E-state index is 0.0351. The van der Waals surface area contributed by atoms with Crippen LogP contribution in [-0.2, 0) is 9.59 Å².